The first kappa shape index (κ1) is 13.9. The van der Waals surface area contributed by atoms with E-state index in [4.69, 9.17) is 0 Å². The van der Waals surface area contributed by atoms with Gasteiger partial charge in [0.15, 0.2) is 0 Å². The van der Waals surface area contributed by atoms with Crippen molar-refractivity contribution in [3.8, 4) is 6.07 Å². The van der Waals surface area contributed by atoms with Gasteiger partial charge in [-0.3, -0.25) is 9.78 Å². The summed E-state index contributed by atoms with van der Waals surface area (Å²) in [5, 5.41) is 10.1. The Morgan fingerprint density at radius 1 is 1.24 bits per heavy atom. The predicted molar refractivity (Wildman–Crippen MR) is 82.2 cm³/mol. The maximum Gasteiger partial charge on any atom is 0.267 e. The molecule has 0 fully saturated rings. The van der Waals surface area contributed by atoms with Crippen LogP contribution in [0.15, 0.2) is 34.3 Å². The first-order valence-corrected chi connectivity index (χ1v) is 7.98. The van der Waals surface area contributed by atoms with Crippen molar-refractivity contribution in [2.24, 2.45) is 0 Å². The number of aromatic nitrogens is 2. The molecule has 21 heavy (non-hydrogen) atoms. The monoisotopic (exact) mass is 297 g/mol. The molecule has 3 rings (SSSR count). The lowest BCUT2D eigenvalue weighted by Crippen LogP contribution is -2.20. The number of hydrogen-bond donors (Lipinski definition) is 1. The number of H-pyrrole nitrogens is 1. The minimum Gasteiger partial charge on any atom is -0.316 e. The Morgan fingerprint density at radius 2 is 1.95 bits per heavy atom. The second kappa shape index (κ2) is 6.15. The van der Waals surface area contributed by atoms with E-state index in [1.165, 1.54) is 5.56 Å². The molecule has 0 aliphatic heterocycles. The third-order valence-corrected chi connectivity index (χ3v) is 4.86. The Morgan fingerprint density at radius 3 is 2.67 bits per heavy atom. The normalized spacial score (nSPS) is 13.5. The zero-order chi connectivity index (χ0) is 14.7. The molecule has 106 valence electrons. The molecule has 5 heteroatoms. The lowest BCUT2D eigenvalue weighted by Gasteiger charge is -2.19. The molecule has 0 saturated carbocycles. The van der Waals surface area contributed by atoms with Crippen LogP contribution < -0.4 is 5.56 Å². The van der Waals surface area contributed by atoms with Crippen molar-refractivity contribution in [3.63, 3.8) is 0 Å². The van der Waals surface area contributed by atoms with Crippen molar-refractivity contribution < 1.29 is 0 Å². The van der Waals surface area contributed by atoms with E-state index < -0.39 is 0 Å². The first-order chi connectivity index (χ1) is 10.3. The van der Waals surface area contributed by atoms with Crippen LogP contribution in [0.5, 0.6) is 0 Å². The number of nitrogens with zero attached hydrogens (tertiary/aromatic N) is 2. The topological polar surface area (TPSA) is 69.5 Å². The van der Waals surface area contributed by atoms with E-state index in [2.05, 4.69) is 16.0 Å². The fourth-order valence-corrected chi connectivity index (χ4v) is 3.75. The molecule has 2 heterocycles. The van der Waals surface area contributed by atoms with Crippen LogP contribution in [-0.4, -0.2) is 9.97 Å². The van der Waals surface area contributed by atoms with Crippen LogP contribution in [0.1, 0.15) is 35.1 Å². The van der Waals surface area contributed by atoms with Gasteiger partial charge in [-0.1, -0.05) is 0 Å². The van der Waals surface area contributed by atoms with E-state index in [1.54, 1.807) is 24.2 Å². The van der Waals surface area contributed by atoms with E-state index in [0.717, 1.165) is 47.6 Å². The Kier molecular flexibility index (Phi) is 4.07. The van der Waals surface area contributed by atoms with E-state index in [1.807, 2.05) is 12.1 Å². The van der Waals surface area contributed by atoms with Gasteiger partial charge < -0.3 is 4.98 Å². The van der Waals surface area contributed by atoms with Crippen LogP contribution >= 0.6 is 11.8 Å². The highest BCUT2D eigenvalue weighted by molar-refractivity contribution is 7.98. The third-order valence-electron chi connectivity index (χ3n) is 3.74. The zero-order valence-electron chi connectivity index (χ0n) is 11.6. The van der Waals surface area contributed by atoms with Gasteiger partial charge in [-0.05, 0) is 54.5 Å². The van der Waals surface area contributed by atoms with Gasteiger partial charge in [0.25, 0.3) is 5.56 Å². The van der Waals surface area contributed by atoms with Gasteiger partial charge in [-0.25, -0.2) is 0 Å². The lowest BCUT2D eigenvalue weighted by molar-refractivity contribution is 0.663. The van der Waals surface area contributed by atoms with Gasteiger partial charge >= 0.3 is 0 Å². The molecule has 0 radical (unpaired) electrons. The second-order valence-electron chi connectivity index (χ2n) is 5.08. The lowest BCUT2D eigenvalue weighted by atomic mass is 9.90. The molecule has 4 nitrogen and oxygen atoms in total. The molecule has 0 unspecified atom stereocenters. The van der Waals surface area contributed by atoms with Crippen molar-refractivity contribution in [2.45, 2.75) is 36.5 Å². The van der Waals surface area contributed by atoms with Crippen LogP contribution in [0.25, 0.3) is 0 Å². The van der Waals surface area contributed by atoms with E-state index in [0.29, 0.717) is 5.56 Å². The molecule has 2 aromatic heterocycles. The van der Waals surface area contributed by atoms with Crippen molar-refractivity contribution in [1.29, 1.82) is 5.26 Å². The van der Waals surface area contributed by atoms with E-state index in [9.17, 15) is 10.1 Å². The summed E-state index contributed by atoms with van der Waals surface area (Å²) in [5.74, 6) is 0.788. The highest BCUT2D eigenvalue weighted by atomic mass is 32.2. The molecule has 1 aliphatic rings. The minimum atomic E-state index is -0.254. The smallest absolute Gasteiger partial charge is 0.267 e. The number of pyridine rings is 2. The number of aromatic amines is 1. The van der Waals surface area contributed by atoms with Crippen molar-refractivity contribution >= 4 is 11.8 Å². The molecule has 0 aromatic carbocycles. The summed E-state index contributed by atoms with van der Waals surface area (Å²) in [6.07, 6.45) is 7.50. The molecule has 0 amide bonds. The van der Waals surface area contributed by atoms with Gasteiger partial charge in [0.05, 0.1) is 5.03 Å². The largest absolute Gasteiger partial charge is 0.316 e. The van der Waals surface area contributed by atoms with Crippen molar-refractivity contribution in [2.75, 3.05) is 0 Å². The molecule has 1 aliphatic carbocycles. The molecule has 0 saturated heterocycles. The molecule has 0 bridgehead atoms. The maximum absolute atomic E-state index is 12.1. The van der Waals surface area contributed by atoms with Crippen LogP contribution in [0.3, 0.4) is 0 Å². The first-order valence-electron chi connectivity index (χ1n) is 6.99. The minimum absolute atomic E-state index is 0.254. The number of thioether (sulfide) groups is 1. The fraction of sp³-hybridized carbons (Fsp3) is 0.312. The van der Waals surface area contributed by atoms with E-state index >= 15 is 0 Å². The summed E-state index contributed by atoms with van der Waals surface area (Å²) in [6.45, 7) is 0. The SMILES string of the molecule is N#Cc1c2c(c(SCc3ccncc3)[nH]c1=O)CCCC2. The molecule has 2 aromatic rings. The fourth-order valence-electron chi connectivity index (χ4n) is 2.69. The molecule has 0 spiro atoms. The predicted octanol–water partition coefficient (Wildman–Crippen LogP) is 2.81. The average Bonchev–Trinajstić information content (AvgIpc) is 2.54. The molecular weight excluding hydrogens is 282 g/mol. The number of fused-ring (bicyclic) bond motifs is 1. The van der Waals surface area contributed by atoms with Gasteiger partial charge in [-0.15, -0.1) is 11.8 Å². The van der Waals surface area contributed by atoms with Crippen LogP contribution in [0, 0.1) is 11.3 Å². The summed E-state index contributed by atoms with van der Waals surface area (Å²) in [6, 6.07) is 6.01. The number of hydrogen-bond acceptors (Lipinski definition) is 4. The van der Waals surface area contributed by atoms with Gasteiger partial charge in [-0.2, -0.15) is 5.26 Å². The summed E-state index contributed by atoms with van der Waals surface area (Å²) in [7, 11) is 0. The van der Waals surface area contributed by atoms with Crippen molar-refractivity contribution in [3.05, 3.63) is 57.1 Å². The highest BCUT2D eigenvalue weighted by Crippen LogP contribution is 2.31. The molecular formula is C16H15N3OS. The Hall–Kier alpha value is -2.06. The van der Waals surface area contributed by atoms with Gasteiger partial charge in [0, 0.05) is 18.1 Å². The van der Waals surface area contributed by atoms with Crippen molar-refractivity contribution in [1.82, 2.24) is 9.97 Å². The standard InChI is InChI=1S/C16H15N3OS/c17-9-14-12-3-1-2-4-13(12)16(19-15(14)20)21-10-11-5-7-18-8-6-11/h5-8H,1-4,10H2,(H,19,20). The summed E-state index contributed by atoms with van der Waals surface area (Å²) in [5.41, 5.74) is 3.35. The zero-order valence-corrected chi connectivity index (χ0v) is 12.4. The number of rotatable bonds is 3. The highest BCUT2D eigenvalue weighted by Gasteiger charge is 2.20. The molecule has 0 atom stereocenters. The summed E-state index contributed by atoms with van der Waals surface area (Å²) < 4.78 is 0. The Balaban J connectivity index is 1.94. The summed E-state index contributed by atoms with van der Waals surface area (Å²) in [4.78, 5) is 19.0. The number of nitriles is 1. The Labute approximate surface area is 127 Å². The second-order valence-corrected chi connectivity index (χ2v) is 6.06. The third kappa shape index (κ3) is 2.86. The van der Waals surface area contributed by atoms with Gasteiger partial charge in [0.2, 0.25) is 0 Å². The van der Waals surface area contributed by atoms with Crippen LogP contribution in [-0.2, 0) is 18.6 Å². The van der Waals surface area contributed by atoms with Gasteiger partial charge in [0.1, 0.15) is 11.6 Å². The quantitative estimate of drug-likeness (QED) is 0.884. The van der Waals surface area contributed by atoms with E-state index in [-0.39, 0.29) is 5.56 Å². The van der Waals surface area contributed by atoms with Crippen LogP contribution in [0.2, 0.25) is 0 Å². The van der Waals surface area contributed by atoms with Crippen LogP contribution in [0.4, 0.5) is 0 Å². The Bertz CT molecular complexity index is 747. The average molecular weight is 297 g/mol. The molecule has 1 N–H and O–H groups in total. The maximum atomic E-state index is 12.1. The number of nitrogens with one attached hydrogen (secondary N) is 1. The summed E-state index contributed by atoms with van der Waals surface area (Å²) >= 11 is 1.63.